The van der Waals surface area contributed by atoms with E-state index in [1.807, 2.05) is 18.2 Å². The van der Waals surface area contributed by atoms with Gasteiger partial charge >= 0.3 is 0 Å². The molecule has 0 aromatic heterocycles. The van der Waals surface area contributed by atoms with Crippen molar-refractivity contribution in [2.45, 2.75) is 51.9 Å². The van der Waals surface area contributed by atoms with Crippen LogP contribution in [-0.2, 0) is 23.1 Å². The lowest BCUT2D eigenvalue weighted by atomic mass is 9.87. The van der Waals surface area contributed by atoms with Gasteiger partial charge in [0.2, 0.25) is 5.91 Å². The predicted octanol–water partition coefficient (Wildman–Crippen LogP) is 4.88. The first-order chi connectivity index (χ1) is 11.9. The van der Waals surface area contributed by atoms with E-state index in [2.05, 4.69) is 50.4 Å². The summed E-state index contributed by atoms with van der Waals surface area (Å²) in [6.07, 6.45) is 3.84. The molecule has 3 rings (SSSR count). The Kier molecular flexibility index (Phi) is 5.12. The lowest BCUT2D eigenvalue weighted by Crippen LogP contribution is -2.15. The van der Waals surface area contributed by atoms with E-state index in [0.29, 0.717) is 13.0 Å². The molecule has 3 nitrogen and oxygen atoms in total. The third kappa shape index (κ3) is 4.62. The Morgan fingerprint density at radius 1 is 1.04 bits per heavy atom. The number of ether oxygens (including phenoxy) is 1. The average Bonchev–Trinajstić information content (AvgIpc) is 3.02. The van der Waals surface area contributed by atoms with Crippen molar-refractivity contribution < 1.29 is 9.53 Å². The maximum atomic E-state index is 12.1. The molecule has 2 aromatic rings. The highest BCUT2D eigenvalue weighted by Gasteiger charge is 2.13. The van der Waals surface area contributed by atoms with Gasteiger partial charge in [-0.3, -0.25) is 4.79 Å². The highest BCUT2D eigenvalue weighted by atomic mass is 16.5. The maximum Gasteiger partial charge on any atom is 0.227 e. The van der Waals surface area contributed by atoms with Crippen LogP contribution in [0.3, 0.4) is 0 Å². The first-order valence-corrected chi connectivity index (χ1v) is 9.07. The molecule has 0 heterocycles. The molecule has 0 atom stereocenters. The molecule has 3 heteroatoms. The Morgan fingerprint density at radius 3 is 2.48 bits per heavy atom. The van der Waals surface area contributed by atoms with Crippen molar-refractivity contribution in [1.82, 2.24) is 0 Å². The van der Waals surface area contributed by atoms with Gasteiger partial charge in [0, 0.05) is 5.69 Å². The Hall–Kier alpha value is -2.29. The first-order valence-electron chi connectivity index (χ1n) is 9.07. The Balaban J connectivity index is 1.46. The molecule has 0 saturated heterocycles. The van der Waals surface area contributed by atoms with Crippen LogP contribution in [0.15, 0.2) is 42.5 Å². The number of fused-ring (bicyclic) bond motifs is 1. The van der Waals surface area contributed by atoms with Gasteiger partial charge in [0.25, 0.3) is 0 Å². The fourth-order valence-electron chi connectivity index (χ4n) is 3.19. The van der Waals surface area contributed by atoms with Gasteiger partial charge in [0.15, 0.2) is 0 Å². The summed E-state index contributed by atoms with van der Waals surface area (Å²) >= 11 is 0. The smallest absolute Gasteiger partial charge is 0.227 e. The topological polar surface area (TPSA) is 38.3 Å². The molecule has 132 valence electrons. The van der Waals surface area contributed by atoms with Crippen molar-refractivity contribution >= 4 is 11.6 Å². The molecule has 2 aromatic carbocycles. The van der Waals surface area contributed by atoms with E-state index < -0.39 is 0 Å². The minimum atomic E-state index is -0.00995. The molecular formula is C22H27NO2. The second kappa shape index (κ2) is 7.30. The van der Waals surface area contributed by atoms with Crippen molar-refractivity contribution in [1.29, 1.82) is 0 Å². The fourth-order valence-corrected chi connectivity index (χ4v) is 3.19. The minimum Gasteiger partial charge on any atom is -0.493 e. The molecule has 0 radical (unpaired) electrons. The number of hydrogen-bond donors (Lipinski definition) is 1. The summed E-state index contributed by atoms with van der Waals surface area (Å²) in [6, 6.07) is 14.3. The van der Waals surface area contributed by atoms with Crippen LogP contribution in [0.4, 0.5) is 5.69 Å². The molecule has 1 aliphatic rings. The van der Waals surface area contributed by atoms with Crippen LogP contribution in [0, 0.1) is 0 Å². The van der Waals surface area contributed by atoms with Gasteiger partial charge in [-0.25, -0.2) is 0 Å². The van der Waals surface area contributed by atoms with Crippen molar-refractivity contribution in [3.8, 4) is 5.75 Å². The minimum absolute atomic E-state index is 0.00995. The zero-order valence-corrected chi connectivity index (χ0v) is 15.4. The van der Waals surface area contributed by atoms with Crippen LogP contribution < -0.4 is 10.1 Å². The van der Waals surface area contributed by atoms with Crippen molar-refractivity contribution in [3.63, 3.8) is 0 Å². The third-order valence-corrected chi connectivity index (χ3v) is 4.70. The zero-order chi connectivity index (χ0) is 17.9. The summed E-state index contributed by atoms with van der Waals surface area (Å²) in [4.78, 5) is 12.1. The van der Waals surface area contributed by atoms with Crippen molar-refractivity contribution in [2.24, 2.45) is 0 Å². The Bertz CT molecular complexity index is 742. The normalized spacial score (nSPS) is 13.4. The predicted molar refractivity (Wildman–Crippen MR) is 102 cm³/mol. The highest BCUT2D eigenvalue weighted by Crippen LogP contribution is 2.25. The summed E-state index contributed by atoms with van der Waals surface area (Å²) in [6.45, 7) is 6.94. The molecular weight excluding hydrogens is 310 g/mol. The quantitative estimate of drug-likeness (QED) is 0.844. The summed E-state index contributed by atoms with van der Waals surface area (Å²) in [5, 5.41) is 2.97. The molecule has 25 heavy (non-hydrogen) atoms. The van der Waals surface area contributed by atoms with Crippen molar-refractivity contribution in [2.75, 3.05) is 11.9 Å². The van der Waals surface area contributed by atoms with Crippen molar-refractivity contribution in [3.05, 3.63) is 59.2 Å². The van der Waals surface area contributed by atoms with Gasteiger partial charge in [-0.15, -0.1) is 0 Å². The molecule has 0 bridgehead atoms. The Morgan fingerprint density at radius 2 is 1.76 bits per heavy atom. The summed E-state index contributed by atoms with van der Waals surface area (Å²) < 4.78 is 5.70. The lowest BCUT2D eigenvalue weighted by Gasteiger charge is -2.19. The number of aryl methyl sites for hydroxylation is 2. The number of carbonyl (C=O) groups is 1. The lowest BCUT2D eigenvalue weighted by molar-refractivity contribution is -0.116. The van der Waals surface area contributed by atoms with Gasteiger partial charge in [-0.1, -0.05) is 39.0 Å². The van der Waals surface area contributed by atoms with Gasteiger partial charge < -0.3 is 10.1 Å². The molecule has 0 aliphatic heterocycles. The summed E-state index contributed by atoms with van der Waals surface area (Å²) in [5.74, 6) is 0.794. The van der Waals surface area contributed by atoms with Gasteiger partial charge in [0.1, 0.15) is 5.75 Å². The first kappa shape index (κ1) is 17.5. The fraction of sp³-hybridized carbons (Fsp3) is 0.409. The van der Waals surface area contributed by atoms with E-state index in [0.717, 1.165) is 24.3 Å². The number of carbonyl (C=O) groups excluding carboxylic acids is 1. The van der Waals surface area contributed by atoms with Crippen LogP contribution >= 0.6 is 0 Å². The molecule has 1 amide bonds. The molecule has 0 unspecified atom stereocenters. The van der Waals surface area contributed by atoms with Crippen LogP contribution in [0.1, 0.15) is 50.3 Å². The van der Waals surface area contributed by atoms with E-state index in [-0.39, 0.29) is 11.3 Å². The SMILES string of the molecule is CC(C)(C)c1ccc(OCCC(=O)Nc2ccc3c(c2)CCC3)cc1. The summed E-state index contributed by atoms with van der Waals surface area (Å²) in [7, 11) is 0. The molecule has 1 aliphatic carbocycles. The Labute approximate surface area is 150 Å². The van der Waals surface area contributed by atoms with E-state index in [1.54, 1.807) is 0 Å². The molecule has 0 saturated carbocycles. The summed E-state index contributed by atoms with van der Waals surface area (Å²) in [5.41, 5.74) is 5.08. The number of hydrogen-bond acceptors (Lipinski definition) is 2. The standard InChI is InChI=1S/C22H27NO2/c1-22(2,3)18-8-11-20(12-9-18)25-14-13-21(24)23-19-10-7-16-5-4-6-17(16)15-19/h7-12,15H,4-6,13-14H2,1-3H3,(H,23,24). The molecule has 1 N–H and O–H groups in total. The van der Waals surface area contributed by atoms with E-state index in [1.165, 1.54) is 23.1 Å². The monoisotopic (exact) mass is 337 g/mol. The van der Waals surface area contributed by atoms with Gasteiger partial charge in [0.05, 0.1) is 13.0 Å². The number of rotatable bonds is 5. The number of amides is 1. The number of benzene rings is 2. The van der Waals surface area contributed by atoms with E-state index >= 15 is 0 Å². The highest BCUT2D eigenvalue weighted by molar-refractivity contribution is 5.90. The number of anilines is 1. The van der Waals surface area contributed by atoms with Gasteiger partial charge in [-0.2, -0.15) is 0 Å². The van der Waals surface area contributed by atoms with Crippen LogP contribution in [0.25, 0.3) is 0 Å². The molecule has 0 spiro atoms. The zero-order valence-electron chi connectivity index (χ0n) is 15.4. The van der Waals surface area contributed by atoms with E-state index in [4.69, 9.17) is 4.74 Å². The van der Waals surface area contributed by atoms with E-state index in [9.17, 15) is 4.79 Å². The molecule has 0 fully saturated rings. The van der Waals surface area contributed by atoms with Crippen LogP contribution in [-0.4, -0.2) is 12.5 Å². The third-order valence-electron chi connectivity index (χ3n) is 4.70. The number of nitrogens with one attached hydrogen (secondary N) is 1. The largest absolute Gasteiger partial charge is 0.493 e. The second-order valence-electron chi connectivity index (χ2n) is 7.76. The van der Waals surface area contributed by atoms with Crippen LogP contribution in [0.2, 0.25) is 0 Å². The van der Waals surface area contributed by atoms with Crippen LogP contribution in [0.5, 0.6) is 5.75 Å². The second-order valence-corrected chi connectivity index (χ2v) is 7.76. The average molecular weight is 337 g/mol. The van der Waals surface area contributed by atoms with Gasteiger partial charge in [-0.05, 0) is 65.6 Å². The maximum absolute atomic E-state index is 12.1.